The number of benzene rings is 3. The molecule has 0 aromatic heterocycles. The summed E-state index contributed by atoms with van der Waals surface area (Å²) in [6.45, 7) is 5.95. The maximum atomic E-state index is 12.2. The topological polar surface area (TPSA) is 23.8 Å². The van der Waals surface area contributed by atoms with Crippen molar-refractivity contribution in [1.29, 1.82) is 5.26 Å². The second-order valence-corrected chi connectivity index (χ2v) is 5.43. The summed E-state index contributed by atoms with van der Waals surface area (Å²) in [5.41, 5.74) is 4.20. The number of hydrogen-bond donors (Lipinski definition) is 0. The Balaban J connectivity index is 0.000000181. The molecular weight excluding hydrogens is 297 g/mol. The molecule has 3 aromatic carbocycles. The van der Waals surface area contributed by atoms with E-state index >= 15 is 0 Å². The van der Waals surface area contributed by atoms with Gasteiger partial charge < -0.3 is 0 Å². The fourth-order valence-electron chi connectivity index (χ4n) is 1.77. The molecule has 3 aromatic rings. The monoisotopic (exact) mass is 319 g/mol. The van der Waals surface area contributed by atoms with E-state index in [0.717, 1.165) is 11.1 Å². The molecule has 0 atom stereocenters. The van der Waals surface area contributed by atoms with Crippen molar-refractivity contribution >= 4 is 0 Å². The van der Waals surface area contributed by atoms with Crippen molar-refractivity contribution in [3.8, 4) is 6.07 Å². The molecule has 0 amide bonds. The highest BCUT2D eigenvalue weighted by molar-refractivity contribution is 5.30. The summed E-state index contributed by atoms with van der Waals surface area (Å²) < 4.78 is 12.2. The van der Waals surface area contributed by atoms with Gasteiger partial charge in [-0.3, -0.25) is 0 Å². The quantitative estimate of drug-likeness (QED) is 0.499. The van der Waals surface area contributed by atoms with E-state index in [-0.39, 0.29) is 5.82 Å². The van der Waals surface area contributed by atoms with Crippen LogP contribution in [0.2, 0.25) is 0 Å². The van der Waals surface area contributed by atoms with Crippen molar-refractivity contribution in [1.82, 2.24) is 0 Å². The Labute approximate surface area is 144 Å². The fraction of sp³-hybridized carbons (Fsp3) is 0.136. The van der Waals surface area contributed by atoms with Gasteiger partial charge in [-0.25, -0.2) is 4.39 Å². The minimum atomic E-state index is -0.162. The lowest BCUT2D eigenvalue weighted by atomic mass is 10.2. The van der Waals surface area contributed by atoms with Gasteiger partial charge in [-0.05, 0) is 50.6 Å². The third kappa shape index (κ3) is 8.51. The van der Waals surface area contributed by atoms with Crippen LogP contribution in [-0.2, 0) is 0 Å². The lowest BCUT2D eigenvalue weighted by Gasteiger charge is -1.88. The average molecular weight is 319 g/mol. The molecule has 0 fully saturated rings. The van der Waals surface area contributed by atoms with E-state index in [4.69, 9.17) is 5.26 Å². The van der Waals surface area contributed by atoms with Gasteiger partial charge in [0.05, 0.1) is 11.6 Å². The zero-order chi connectivity index (χ0) is 17.8. The van der Waals surface area contributed by atoms with E-state index in [0.29, 0.717) is 0 Å². The highest BCUT2D eigenvalue weighted by Gasteiger charge is 1.85. The predicted octanol–water partition coefficient (Wildman–Crippen LogP) is 6.00. The predicted molar refractivity (Wildman–Crippen MR) is 98.2 cm³/mol. The van der Waals surface area contributed by atoms with Crippen molar-refractivity contribution in [3.05, 3.63) is 107 Å². The molecule has 1 nitrogen and oxygen atoms in total. The molecule has 0 saturated heterocycles. The smallest absolute Gasteiger partial charge is 0.123 e. The van der Waals surface area contributed by atoms with Gasteiger partial charge >= 0.3 is 0 Å². The fourth-order valence-corrected chi connectivity index (χ4v) is 1.77. The minimum Gasteiger partial charge on any atom is -0.207 e. The molecule has 0 unspecified atom stereocenters. The Morgan fingerprint density at radius 2 is 1.21 bits per heavy atom. The highest BCUT2D eigenvalue weighted by atomic mass is 19.1. The van der Waals surface area contributed by atoms with Gasteiger partial charge in [-0.1, -0.05) is 65.7 Å². The van der Waals surface area contributed by atoms with Crippen LogP contribution in [0.4, 0.5) is 4.39 Å². The lowest BCUT2D eigenvalue weighted by Crippen LogP contribution is -1.72. The number of rotatable bonds is 0. The van der Waals surface area contributed by atoms with Crippen LogP contribution in [0.25, 0.3) is 0 Å². The van der Waals surface area contributed by atoms with Crippen LogP contribution in [0, 0.1) is 37.9 Å². The van der Waals surface area contributed by atoms with Crippen molar-refractivity contribution in [3.63, 3.8) is 0 Å². The Kier molecular flexibility index (Phi) is 8.57. The molecule has 0 aliphatic rings. The summed E-state index contributed by atoms with van der Waals surface area (Å²) >= 11 is 0. The molecule has 24 heavy (non-hydrogen) atoms. The molecule has 0 heterocycles. The van der Waals surface area contributed by atoms with E-state index in [1.807, 2.05) is 62.4 Å². The van der Waals surface area contributed by atoms with Crippen molar-refractivity contribution < 1.29 is 4.39 Å². The first-order chi connectivity index (χ1) is 11.5. The number of aryl methyl sites for hydroxylation is 3. The number of halogens is 1. The Hall–Kier alpha value is -2.92. The highest BCUT2D eigenvalue weighted by Crippen LogP contribution is 2.00. The number of hydrogen-bond acceptors (Lipinski definition) is 1. The molecule has 2 heteroatoms. The van der Waals surface area contributed by atoms with Crippen LogP contribution >= 0.6 is 0 Å². The molecule has 0 aliphatic carbocycles. The molecule has 3 rings (SSSR count). The van der Waals surface area contributed by atoms with Crippen LogP contribution in [-0.4, -0.2) is 0 Å². The largest absolute Gasteiger partial charge is 0.207 e. The number of nitriles is 1. The zero-order valence-corrected chi connectivity index (χ0v) is 14.3. The average Bonchev–Trinajstić information content (AvgIpc) is 2.57. The van der Waals surface area contributed by atoms with Gasteiger partial charge in [0.2, 0.25) is 0 Å². The molecule has 0 saturated carbocycles. The molecule has 0 aliphatic heterocycles. The summed E-state index contributed by atoms with van der Waals surface area (Å²) in [5, 5.41) is 8.38. The van der Waals surface area contributed by atoms with E-state index in [9.17, 15) is 4.39 Å². The molecule has 0 spiro atoms. The van der Waals surface area contributed by atoms with Gasteiger partial charge in [-0.2, -0.15) is 5.26 Å². The Morgan fingerprint density at radius 1 is 0.667 bits per heavy atom. The van der Waals surface area contributed by atoms with Crippen molar-refractivity contribution in [2.75, 3.05) is 0 Å². The lowest BCUT2D eigenvalue weighted by molar-refractivity contribution is 0.626. The van der Waals surface area contributed by atoms with E-state index in [1.165, 1.54) is 23.3 Å². The van der Waals surface area contributed by atoms with E-state index in [1.54, 1.807) is 6.07 Å². The summed E-state index contributed by atoms with van der Waals surface area (Å²) in [5.74, 6) is -0.162. The van der Waals surface area contributed by atoms with Gasteiger partial charge in [0.1, 0.15) is 5.82 Å². The van der Waals surface area contributed by atoms with Crippen molar-refractivity contribution in [2.45, 2.75) is 20.8 Å². The molecule has 0 radical (unpaired) electrons. The maximum Gasteiger partial charge on any atom is 0.123 e. The van der Waals surface area contributed by atoms with Gasteiger partial charge in [0.25, 0.3) is 0 Å². The van der Waals surface area contributed by atoms with Crippen LogP contribution < -0.4 is 0 Å². The van der Waals surface area contributed by atoms with Crippen LogP contribution in [0.5, 0.6) is 0 Å². The van der Waals surface area contributed by atoms with Crippen LogP contribution in [0.1, 0.15) is 22.3 Å². The van der Waals surface area contributed by atoms with Crippen LogP contribution in [0.3, 0.4) is 0 Å². The normalized spacial score (nSPS) is 8.79. The summed E-state index contributed by atoms with van der Waals surface area (Å²) in [7, 11) is 0. The van der Waals surface area contributed by atoms with Crippen LogP contribution in [0.15, 0.2) is 78.9 Å². The Morgan fingerprint density at radius 3 is 1.58 bits per heavy atom. The SMILES string of the molecule is Cc1ccc(C#N)cc1.Cc1cccc(F)c1.Cc1ccccc1. The third-order valence-electron chi connectivity index (χ3n) is 3.10. The van der Waals surface area contributed by atoms with E-state index < -0.39 is 0 Å². The zero-order valence-electron chi connectivity index (χ0n) is 14.3. The third-order valence-corrected chi connectivity index (χ3v) is 3.10. The van der Waals surface area contributed by atoms with E-state index in [2.05, 4.69) is 25.1 Å². The molecule has 0 N–H and O–H groups in total. The minimum absolute atomic E-state index is 0.162. The standard InChI is InChI=1S/C8H7N.C7H7F.C7H8/c1-7-2-4-8(6-9)5-3-7;1-6-3-2-4-7(8)5-6;1-7-5-3-2-4-6-7/h2-5H,1H3;2-5H,1H3;2-6H,1H3. The molecular formula is C22H22FN. The van der Waals surface area contributed by atoms with Gasteiger partial charge in [0, 0.05) is 0 Å². The first-order valence-electron chi connectivity index (χ1n) is 7.72. The van der Waals surface area contributed by atoms with Gasteiger partial charge in [0.15, 0.2) is 0 Å². The summed E-state index contributed by atoms with van der Waals surface area (Å²) in [4.78, 5) is 0. The first-order valence-corrected chi connectivity index (χ1v) is 7.72. The summed E-state index contributed by atoms with van der Waals surface area (Å²) in [6.07, 6.45) is 0. The second-order valence-electron chi connectivity index (χ2n) is 5.43. The second kappa shape index (κ2) is 10.7. The summed E-state index contributed by atoms with van der Waals surface area (Å²) in [6, 6.07) is 26.3. The first kappa shape index (κ1) is 19.1. The number of nitrogens with zero attached hydrogens (tertiary/aromatic N) is 1. The molecule has 0 bridgehead atoms. The Bertz CT molecular complexity index is 739. The molecule has 122 valence electrons. The van der Waals surface area contributed by atoms with Crippen molar-refractivity contribution in [2.24, 2.45) is 0 Å². The maximum absolute atomic E-state index is 12.2. The van der Waals surface area contributed by atoms with Gasteiger partial charge in [-0.15, -0.1) is 0 Å².